The third-order valence-corrected chi connectivity index (χ3v) is 3.25. The van der Waals surface area contributed by atoms with Crippen molar-refractivity contribution < 1.29 is 13.2 Å². The van der Waals surface area contributed by atoms with Crippen molar-refractivity contribution in [1.82, 2.24) is 15.2 Å². The van der Waals surface area contributed by atoms with Crippen molar-refractivity contribution in [1.29, 1.82) is 0 Å². The van der Waals surface area contributed by atoms with Crippen LogP contribution in [0.2, 0.25) is 0 Å². The van der Waals surface area contributed by atoms with E-state index in [9.17, 15) is 18.0 Å². The second kappa shape index (κ2) is 5.68. The number of aromatic nitrogens is 3. The number of nitrogens with zero attached hydrogens (tertiary/aromatic N) is 2. The fourth-order valence-electron chi connectivity index (χ4n) is 2.16. The summed E-state index contributed by atoms with van der Waals surface area (Å²) < 4.78 is 39.5. The van der Waals surface area contributed by atoms with Crippen LogP contribution in [0.4, 0.5) is 13.2 Å². The predicted octanol–water partition coefficient (Wildman–Crippen LogP) is 3.52. The van der Waals surface area contributed by atoms with Gasteiger partial charge in [-0.3, -0.25) is 9.78 Å². The molecule has 2 aromatic heterocycles. The Morgan fingerprint density at radius 2 is 1.57 bits per heavy atom. The van der Waals surface area contributed by atoms with Gasteiger partial charge >= 0.3 is 6.18 Å². The molecule has 0 fully saturated rings. The van der Waals surface area contributed by atoms with Crippen molar-refractivity contribution >= 4 is 0 Å². The molecule has 23 heavy (non-hydrogen) atoms. The van der Waals surface area contributed by atoms with Crippen LogP contribution in [-0.2, 0) is 6.18 Å². The molecule has 0 aliphatic carbocycles. The summed E-state index contributed by atoms with van der Waals surface area (Å²) in [6, 6.07) is 9.51. The highest BCUT2D eigenvalue weighted by atomic mass is 19.4. The Morgan fingerprint density at radius 1 is 0.870 bits per heavy atom. The summed E-state index contributed by atoms with van der Waals surface area (Å²) in [5.41, 5.74) is 0.320. The first-order valence-electron chi connectivity index (χ1n) is 6.62. The fraction of sp³-hybridized carbons (Fsp3) is 0.0625. The fourth-order valence-corrected chi connectivity index (χ4v) is 2.16. The molecule has 1 aromatic carbocycles. The Kier molecular flexibility index (Phi) is 3.69. The van der Waals surface area contributed by atoms with Gasteiger partial charge < -0.3 is 0 Å². The molecule has 7 heteroatoms. The number of alkyl halides is 3. The lowest BCUT2D eigenvalue weighted by atomic mass is 9.98. The van der Waals surface area contributed by atoms with Crippen LogP contribution in [-0.4, -0.2) is 15.2 Å². The Hall–Kier alpha value is -2.96. The SMILES string of the molecule is O=c1ccc(-c2cc(-c3ccncc3)cc(C(F)(F)F)c2)n[nH]1. The number of benzene rings is 1. The molecule has 0 radical (unpaired) electrons. The molecule has 0 saturated carbocycles. The van der Waals surface area contributed by atoms with Crippen LogP contribution in [0.1, 0.15) is 5.56 Å². The Bertz CT molecular complexity index is 869. The van der Waals surface area contributed by atoms with E-state index in [-0.39, 0.29) is 11.3 Å². The first kappa shape index (κ1) is 15.0. The predicted molar refractivity (Wildman–Crippen MR) is 78.5 cm³/mol. The molecule has 0 bridgehead atoms. The molecule has 2 heterocycles. The van der Waals surface area contributed by atoms with Gasteiger partial charge in [0.15, 0.2) is 0 Å². The van der Waals surface area contributed by atoms with Gasteiger partial charge in [-0.05, 0) is 47.5 Å². The molecule has 0 unspecified atom stereocenters. The Balaban J connectivity index is 2.20. The van der Waals surface area contributed by atoms with Crippen molar-refractivity contribution in [3.63, 3.8) is 0 Å². The summed E-state index contributed by atoms with van der Waals surface area (Å²) in [5, 5.41) is 6.01. The van der Waals surface area contributed by atoms with Crippen LogP contribution < -0.4 is 5.56 Å². The molecular weight excluding hydrogens is 307 g/mol. The van der Waals surface area contributed by atoms with Crippen LogP contribution >= 0.6 is 0 Å². The first-order chi connectivity index (χ1) is 10.9. The van der Waals surface area contributed by atoms with Crippen molar-refractivity contribution in [3.8, 4) is 22.4 Å². The van der Waals surface area contributed by atoms with Crippen molar-refractivity contribution in [3.05, 3.63) is 70.8 Å². The molecular formula is C16H10F3N3O. The number of aromatic amines is 1. The van der Waals surface area contributed by atoms with Gasteiger partial charge in [-0.2, -0.15) is 18.3 Å². The number of nitrogens with one attached hydrogen (secondary N) is 1. The summed E-state index contributed by atoms with van der Waals surface area (Å²) in [5.74, 6) is 0. The van der Waals surface area contributed by atoms with Crippen molar-refractivity contribution in [2.24, 2.45) is 0 Å². The highest BCUT2D eigenvalue weighted by Crippen LogP contribution is 2.35. The molecule has 0 saturated heterocycles. The van der Waals surface area contributed by atoms with E-state index >= 15 is 0 Å². The zero-order valence-electron chi connectivity index (χ0n) is 11.6. The highest BCUT2D eigenvalue weighted by Gasteiger charge is 2.31. The van der Waals surface area contributed by atoms with Crippen molar-refractivity contribution in [2.75, 3.05) is 0 Å². The Labute approximate surface area is 128 Å². The zero-order chi connectivity index (χ0) is 16.4. The lowest BCUT2D eigenvalue weighted by Gasteiger charge is -2.12. The summed E-state index contributed by atoms with van der Waals surface area (Å²) in [4.78, 5) is 14.9. The maximum atomic E-state index is 13.2. The number of hydrogen-bond donors (Lipinski definition) is 1. The molecule has 0 aliphatic rings. The topological polar surface area (TPSA) is 58.6 Å². The van der Waals surface area contributed by atoms with Crippen molar-refractivity contribution in [2.45, 2.75) is 6.18 Å². The lowest BCUT2D eigenvalue weighted by molar-refractivity contribution is -0.137. The quantitative estimate of drug-likeness (QED) is 0.787. The molecule has 4 nitrogen and oxygen atoms in total. The van der Waals surface area contributed by atoms with Gasteiger partial charge in [-0.15, -0.1) is 0 Å². The number of halogens is 3. The average molecular weight is 317 g/mol. The van der Waals surface area contributed by atoms with Gasteiger partial charge in [-0.25, -0.2) is 5.10 Å². The van der Waals surface area contributed by atoms with E-state index in [0.29, 0.717) is 11.1 Å². The second-order valence-corrected chi connectivity index (χ2v) is 4.84. The van der Waals surface area contributed by atoms with Crippen LogP contribution in [0.3, 0.4) is 0 Å². The van der Waals surface area contributed by atoms with Gasteiger partial charge in [0, 0.05) is 24.0 Å². The van der Waals surface area contributed by atoms with E-state index < -0.39 is 17.3 Å². The standard InChI is InChI=1S/C16H10F3N3O/c17-16(18,19)13-8-11(10-3-5-20-6-4-10)7-12(9-13)14-1-2-15(23)22-21-14/h1-9H,(H,22,23). The number of rotatable bonds is 2. The minimum Gasteiger partial charge on any atom is -0.268 e. The monoisotopic (exact) mass is 317 g/mol. The van der Waals surface area contributed by atoms with E-state index in [2.05, 4.69) is 15.2 Å². The average Bonchev–Trinajstić information content (AvgIpc) is 2.55. The van der Waals surface area contributed by atoms with Gasteiger partial charge in [0.2, 0.25) is 0 Å². The molecule has 3 aromatic rings. The minimum absolute atomic E-state index is 0.256. The van der Waals surface area contributed by atoms with Gasteiger partial charge in [0.05, 0.1) is 11.3 Å². The Morgan fingerprint density at radius 3 is 2.17 bits per heavy atom. The third kappa shape index (κ3) is 3.28. The van der Waals surface area contributed by atoms with E-state index in [0.717, 1.165) is 12.1 Å². The van der Waals surface area contributed by atoms with E-state index in [1.807, 2.05) is 0 Å². The lowest BCUT2D eigenvalue weighted by Crippen LogP contribution is -2.07. The van der Waals surface area contributed by atoms with Crippen LogP contribution in [0.15, 0.2) is 59.7 Å². The maximum Gasteiger partial charge on any atom is 0.416 e. The summed E-state index contributed by atoms with van der Waals surface area (Å²) >= 11 is 0. The highest BCUT2D eigenvalue weighted by molar-refractivity contribution is 5.72. The van der Waals surface area contributed by atoms with Gasteiger partial charge in [-0.1, -0.05) is 0 Å². The number of H-pyrrole nitrogens is 1. The molecule has 0 spiro atoms. The summed E-state index contributed by atoms with van der Waals surface area (Å²) in [6.45, 7) is 0. The minimum atomic E-state index is -4.49. The van der Waals surface area contributed by atoms with Crippen LogP contribution in [0.5, 0.6) is 0 Å². The van der Waals surface area contributed by atoms with Gasteiger partial charge in [0.25, 0.3) is 5.56 Å². The van der Waals surface area contributed by atoms with Gasteiger partial charge in [0.1, 0.15) is 0 Å². The smallest absolute Gasteiger partial charge is 0.268 e. The largest absolute Gasteiger partial charge is 0.416 e. The first-order valence-corrected chi connectivity index (χ1v) is 6.62. The van der Waals surface area contributed by atoms with E-state index in [4.69, 9.17) is 0 Å². The van der Waals surface area contributed by atoms with E-state index in [1.54, 1.807) is 18.2 Å². The molecule has 3 rings (SSSR count). The molecule has 0 amide bonds. The summed E-state index contributed by atoms with van der Waals surface area (Å²) in [6.07, 6.45) is -1.47. The molecule has 116 valence electrons. The third-order valence-electron chi connectivity index (χ3n) is 3.25. The number of hydrogen-bond acceptors (Lipinski definition) is 3. The zero-order valence-corrected chi connectivity index (χ0v) is 11.6. The van der Waals surface area contributed by atoms with Crippen LogP contribution in [0, 0.1) is 0 Å². The molecule has 0 aliphatic heterocycles. The van der Waals surface area contributed by atoms with E-state index in [1.165, 1.54) is 24.5 Å². The summed E-state index contributed by atoms with van der Waals surface area (Å²) in [7, 11) is 0. The normalized spacial score (nSPS) is 11.4. The molecule has 0 atom stereocenters. The maximum absolute atomic E-state index is 13.2. The second-order valence-electron chi connectivity index (χ2n) is 4.84. The van der Waals surface area contributed by atoms with Crippen LogP contribution in [0.25, 0.3) is 22.4 Å². The molecule has 1 N–H and O–H groups in total. The number of pyridine rings is 1.